The molecule has 1 fully saturated rings. The lowest BCUT2D eigenvalue weighted by molar-refractivity contribution is 0.0131. The summed E-state index contributed by atoms with van der Waals surface area (Å²) in [5.41, 5.74) is 3.56. The number of hydrogen-bond acceptors (Lipinski definition) is 8. The van der Waals surface area contributed by atoms with Crippen molar-refractivity contribution in [3.05, 3.63) is 86.3 Å². The number of methoxy groups -OCH3 is 1. The maximum atomic E-state index is 14.4. The van der Waals surface area contributed by atoms with E-state index >= 15 is 0 Å². The Kier molecular flexibility index (Phi) is 9.64. The predicted molar refractivity (Wildman–Crippen MR) is 194 cm³/mol. The maximum absolute atomic E-state index is 14.4. The minimum Gasteiger partial charge on any atom is -0.490 e. The monoisotopic (exact) mass is 722 g/mol. The van der Waals surface area contributed by atoms with Gasteiger partial charge in [-0.2, -0.15) is 0 Å². The van der Waals surface area contributed by atoms with Crippen molar-refractivity contribution in [1.29, 1.82) is 0 Å². The standard InChI is InChI=1S/C37H43ClN4O5S2/c1-23-6-4-8-33(46-3)29-12-9-27(29)18-42-21-37(15-5-7-25-16-28(38)11-13-30(25)37)22-47-34-14-10-26(17-32(34)42)35(43)40-49(45,20-23)41-36(44)31-19-48-24(2)39-31/h4,8,10-11,13-14,16-17,19,23,27,29,33H,5-7,9,12,15,18,20-22H2,1-3H3,(H,40,41,43,44,45)/b8-4+/t23-,27-,29+,33-,37-,49?/m0/s1. The van der Waals surface area contributed by atoms with Gasteiger partial charge in [-0.3, -0.25) is 14.3 Å². The van der Waals surface area contributed by atoms with E-state index in [1.54, 1.807) is 25.5 Å². The SMILES string of the molecule is CO[C@H]1/C=C/C[C@H](C)CS(=O)(NC(=O)c2csc(C)n2)=NC(=O)c2ccc3c(c2)N(C[C@@H]2CC[C@H]21)C[C@@]1(CCCc2cc(Cl)ccc21)CO3. The van der Waals surface area contributed by atoms with Gasteiger partial charge >= 0.3 is 0 Å². The Morgan fingerprint density at radius 2 is 2.08 bits per heavy atom. The number of benzene rings is 2. The van der Waals surface area contributed by atoms with Gasteiger partial charge < -0.3 is 14.4 Å². The fourth-order valence-corrected chi connectivity index (χ4v) is 10.7. The number of fused-ring (bicyclic) bond motifs is 4. The summed E-state index contributed by atoms with van der Waals surface area (Å²) < 4.78 is 33.9. The molecule has 2 bridgehead atoms. The van der Waals surface area contributed by atoms with Gasteiger partial charge in [-0.25, -0.2) is 9.19 Å². The summed E-state index contributed by atoms with van der Waals surface area (Å²) in [4.78, 5) is 33.7. The first-order chi connectivity index (χ1) is 23.5. The fraction of sp³-hybridized carbons (Fsp3) is 0.486. The van der Waals surface area contributed by atoms with Crippen molar-refractivity contribution in [3.63, 3.8) is 0 Å². The number of amides is 2. The molecule has 49 heavy (non-hydrogen) atoms. The third-order valence-corrected chi connectivity index (χ3v) is 13.6. The molecular weight excluding hydrogens is 680 g/mol. The van der Waals surface area contributed by atoms with Crippen LogP contribution >= 0.6 is 22.9 Å². The van der Waals surface area contributed by atoms with Gasteiger partial charge in [-0.1, -0.05) is 36.7 Å². The summed E-state index contributed by atoms with van der Waals surface area (Å²) in [6, 6.07) is 11.6. The number of hydrogen-bond donors (Lipinski definition) is 1. The number of nitrogens with one attached hydrogen (secondary N) is 1. The molecule has 0 saturated heterocycles. The summed E-state index contributed by atoms with van der Waals surface area (Å²) in [6.45, 7) is 5.76. The first-order valence-corrected chi connectivity index (χ1v) is 20.0. The second-order valence-electron chi connectivity index (χ2n) is 14.1. The summed E-state index contributed by atoms with van der Waals surface area (Å²) in [5, 5.41) is 3.07. The molecule has 2 amide bonds. The second kappa shape index (κ2) is 13.8. The Balaban J connectivity index is 1.31. The minimum atomic E-state index is -3.51. The first kappa shape index (κ1) is 34.2. The molecule has 1 aromatic heterocycles. The van der Waals surface area contributed by atoms with Crippen molar-refractivity contribution < 1.29 is 23.3 Å². The number of thiazole rings is 1. The van der Waals surface area contributed by atoms with Gasteiger partial charge in [-0.05, 0) is 105 Å². The van der Waals surface area contributed by atoms with Crippen LogP contribution in [-0.4, -0.2) is 59.7 Å². The minimum absolute atomic E-state index is 0.00770. The fourth-order valence-electron chi connectivity index (χ4n) is 8.03. The Labute approximate surface area is 297 Å². The molecule has 2 aliphatic carbocycles. The van der Waals surface area contributed by atoms with E-state index in [-0.39, 0.29) is 28.9 Å². The summed E-state index contributed by atoms with van der Waals surface area (Å²) >= 11 is 7.77. The average molecular weight is 723 g/mol. The van der Waals surface area contributed by atoms with Crippen LogP contribution in [0.25, 0.3) is 0 Å². The Hall–Kier alpha value is -3.25. The highest BCUT2D eigenvalue weighted by Crippen LogP contribution is 2.47. The molecule has 2 aromatic carbocycles. The van der Waals surface area contributed by atoms with E-state index < -0.39 is 21.7 Å². The van der Waals surface area contributed by atoms with Crippen LogP contribution in [0.1, 0.15) is 76.0 Å². The molecule has 3 heterocycles. The van der Waals surface area contributed by atoms with E-state index in [1.807, 2.05) is 25.1 Å². The van der Waals surface area contributed by atoms with Crippen molar-refractivity contribution in [2.45, 2.75) is 63.9 Å². The van der Waals surface area contributed by atoms with Gasteiger partial charge in [-0.15, -0.1) is 15.7 Å². The van der Waals surface area contributed by atoms with Crippen LogP contribution in [0.15, 0.2) is 58.3 Å². The van der Waals surface area contributed by atoms with Crippen LogP contribution in [0, 0.1) is 24.7 Å². The highest BCUT2D eigenvalue weighted by atomic mass is 35.5. The van der Waals surface area contributed by atoms with E-state index in [2.05, 4.69) is 43.3 Å². The van der Waals surface area contributed by atoms with E-state index in [9.17, 15) is 13.8 Å². The first-order valence-electron chi connectivity index (χ1n) is 17.1. The number of nitrogens with zero attached hydrogens (tertiary/aromatic N) is 3. The smallest absolute Gasteiger partial charge is 0.286 e. The van der Waals surface area contributed by atoms with E-state index in [1.165, 1.54) is 22.5 Å². The highest BCUT2D eigenvalue weighted by Gasteiger charge is 2.44. The van der Waals surface area contributed by atoms with Gasteiger partial charge in [0.1, 0.15) is 21.4 Å². The van der Waals surface area contributed by atoms with Crippen LogP contribution in [0.2, 0.25) is 5.02 Å². The van der Waals surface area contributed by atoms with Crippen molar-refractivity contribution >= 4 is 50.4 Å². The lowest BCUT2D eigenvalue weighted by atomic mass is 9.68. The lowest BCUT2D eigenvalue weighted by Crippen LogP contribution is -2.49. The molecule has 2 aliphatic heterocycles. The highest BCUT2D eigenvalue weighted by molar-refractivity contribution is 7.92. The van der Waals surface area contributed by atoms with E-state index in [4.69, 9.17) is 21.1 Å². The number of aryl methyl sites for hydroxylation is 2. The molecule has 12 heteroatoms. The topological polar surface area (TPSA) is 110 Å². The molecule has 1 unspecified atom stereocenters. The number of carbonyl (C=O) groups is 2. The zero-order valence-corrected chi connectivity index (χ0v) is 30.5. The number of halogens is 1. The quantitative estimate of drug-likeness (QED) is 0.286. The van der Waals surface area contributed by atoms with Gasteiger partial charge in [0, 0.05) is 41.6 Å². The third kappa shape index (κ3) is 7.04. The Bertz CT molecular complexity index is 1920. The maximum Gasteiger partial charge on any atom is 0.286 e. The molecule has 4 aliphatic rings. The van der Waals surface area contributed by atoms with E-state index in [0.717, 1.165) is 55.9 Å². The average Bonchev–Trinajstić information content (AvgIpc) is 3.43. The summed E-state index contributed by atoms with van der Waals surface area (Å²) in [6.07, 6.45) is 9.89. The molecule has 1 saturated carbocycles. The summed E-state index contributed by atoms with van der Waals surface area (Å²) in [5.74, 6) is 0.0542. The number of anilines is 1. The Morgan fingerprint density at radius 3 is 2.84 bits per heavy atom. The normalized spacial score (nSPS) is 30.5. The summed E-state index contributed by atoms with van der Waals surface area (Å²) in [7, 11) is -1.75. The number of allylic oxidation sites excluding steroid dienone is 1. The van der Waals surface area contributed by atoms with Crippen LogP contribution in [0.4, 0.5) is 5.69 Å². The second-order valence-corrected chi connectivity index (χ2v) is 17.6. The van der Waals surface area contributed by atoms with Crippen molar-refractivity contribution in [2.75, 3.05) is 37.5 Å². The predicted octanol–water partition coefficient (Wildman–Crippen LogP) is 7.17. The number of ether oxygens (including phenoxy) is 2. The molecule has 260 valence electrons. The molecule has 0 radical (unpaired) electrons. The van der Waals surface area contributed by atoms with Crippen LogP contribution in [0.5, 0.6) is 5.75 Å². The zero-order valence-electron chi connectivity index (χ0n) is 28.2. The largest absolute Gasteiger partial charge is 0.490 e. The number of carbonyl (C=O) groups excluding carboxylic acids is 2. The van der Waals surface area contributed by atoms with Crippen LogP contribution in [-0.2, 0) is 26.5 Å². The van der Waals surface area contributed by atoms with Crippen molar-refractivity contribution in [3.8, 4) is 5.75 Å². The van der Waals surface area contributed by atoms with E-state index in [0.29, 0.717) is 41.2 Å². The number of aromatic nitrogens is 1. The molecular formula is C37H43ClN4O5S2. The van der Waals surface area contributed by atoms with Gasteiger partial charge in [0.05, 0.1) is 29.2 Å². The molecule has 1 spiro atoms. The Morgan fingerprint density at radius 1 is 1.22 bits per heavy atom. The van der Waals surface area contributed by atoms with Gasteiger partial charge in [0.15, 0.2) is 0 Å². The number of rotatable bonds is 3. The van der Waals surface area contributed by atoms with Crippen molar-refractivity contribution in [1.82, 2.24) is 9.71 Å². The van der Waals surface area contributed by atoms with Gasteiger partial charge in [0.25, 0.3) is 11.8 Å². The van der Waals surface area contributed by atoms with Crippen molar-refractivity contribution in [2.24, 2.45) is 22.1 Å². The molecule has 7 rings (SSSR count). The lowest BCUT2D eigenvalue weighted by Gasteiger charge is -2.46. The zero-order chi connectivity index (χ0) is 34.3. The third-order valence-electron chi connectivity index (χ3n) is 10.6. The van der Waals surface area contributed by atoms with Crippen LogP contribution < -0.4 is 14.4 Å². The molecule has 9 nitrogen and oxygen atoms in total. The molecule has 3 aromatic rings. The molecule has 1 N–H and O–H groups in total. The van der Waals surface area contributed by atoms with Gasteiger partial charge in [0.2, 0.25) is 0 Å². The van der Waals surface area contributed by atoms with Crippen LogP contribution in [0.3, 0.4) is 0 Å². The molecule has 6 atom stereocenters.